The number of hydrogen-bond donors (Lipinski definition) is 1. The van der Waals surface area contributed by atoms with E-state index < -0.39 is 10.0 Å². The Balaban J connectivity index is 1.61. The van der Waals surface area contributed by atoms with Crippen molar-refractivity contribution in [2.75, 3.05) is 19.5 Å². The molecule has 0 spiro atoms. The number of nitrogens with one attached hydrogen (secondary N) is 1. The van der Waals surface area contributed by atoms with Crippen molar-refractivity contribution in [1.82, 2.24) is 4.72 Å². The lowest BCUT2D eigenvalue weighted by Crippen LogP contribution is -2.48. The normalized spacial score (nSPS) is 33.7. The van der Waals surface area contributed by atoms with Gasteiger partial charge in [0.05, 0.1) is 25.6 Å². The van der Waals surface area contributed by atoms with E-state index in [1.807, 2.05) is 12.1 Å². The summed E-state index contributed by atoms with van der Waals surface area (Å²) in [6, 6.07) is 5.87. The van der Waals surface area contributed by atoms with Crippen molar-refractivity contribution in [3.63, 3.8) is 0 Å². The Morgan fingerprint density at radius 2 is 1.86 bits per heavy atom. The first-order valence-electron chi connectivity index (χ1n) is 10.4. The Bertz CT molecular complexity index is 792. The van der Waals surface area contributed by atoms with E-state index in [0.717, 1.165) is 55.7 Å². The molecule has 1 aromatic carbocycles. The topological polar surface area (TPSA) is 64.6 Å². The van der Waals surface area contributed by atoms with E-state index in [1.54, 1.807) is 0 Å². The highest BCUT2D eigenvalue weighted by Gasteiger charge is 2.37. The average molecular weight is 428 g/mol. The molecule has 28 heavy (non-hydrogen) atoms. The van der Waals surface area contributed by atoms with Crippen LogP contribution in [0.1, 0.15) is 56.4 Å². The average Bonchev–Trinajstić information content (AvgIpc) is 2.64. The lowest BCUT2D eigenvalue weighted by Gasteiger charge is -2.40. The van der Waals surface area contributed by atoms with Gasteiger partial charge >= 0.3 is 0 Å². The Morgan fingerprint density at radius 1 is 1.07 bits per heavy atom. The van der Waals surface area contributed by atoms with Gasteiger partial charge in [-0.3, -0.25) is 0 Å². The van der Waals surface area contributed by atoms with Crippen LogP contribution in [0.3, 0.4) is 0 Å². The Hall–Kier alpha value is -0.820. The summed E-state index contributed by atoms with van der Waals surface area (Å²) in [6.07, 6.45) is 8.59. The predicted octanol–water partition coefficient (Wildman–Crippen LogP) is 4.11. The van der Waals surface area contributed by atoms with E-state index in [-0.39, 0.29) is 24.0 Å². The van der Waals surface area contributed by atoms with Crippen molar-refractivity contribution < 1.29 is 17.9 Å². The maximum absolute atomic E-state index is 11.9. The van der Waals surface area contributed by atoms with Gasteiger partial charge in [-0.25, -0.2) is 13.1 Å². The fourth-order valence-electron chi connectivity index (χ4n) is 5.19. The first kappa shape index (κ1) is 20.5. The third kappa shape index (κ3) is 4.84. The molecule has 2 fully saturated rings. The lowest BCUT2D eigenvalue weighted by atomic mass is 9.76. The zero-order chi connectivity index (χ0) is 19.7. The Morgan fingerprint density at radius 3 is 2.61 bits per heavy atom. The van der Waals surface area contributed by atoms with Crippen molar-refractivity contribution in [1.29, 1.82) is 0 Å². The Labute approximate surface area is 173 Å². The molecule has 0 radical (unpaired) electrons. The summed E-state index contributed by atoms with van der Waals surface area (Å²) < 4.78 is 39.2. The molecule has 5 rings (SSSR count). The second kappa shape index (κ2) is 8.50. The van der Waals surface area contributed by atoms with Crippen LogP contribution in [-0.2, 0) is 14.8 Å². The highest BCUT2D eigenvalue weighted by atomic mass is 35.5. The van der Waals surface area contributed by atoms with Gasteiger partial charge in [0.15, 0.2) is 0 Å². The summed E-state index contributed by atoms with van der Waals surface area (Å²) in [5.74, 6) is 1.81. The molecule has 7 heteroatoms. The number of halogens is 1. The van der Waals surface area contributed by atoms with Crippen LogP contribution in [0.15, 0.2) is 18.2 Å². The number of sulfonamides is 1. The molecule has 5 nitrogen and oxygen atoms in total. The molecule has 2 saturated carbocycles. The molecule has 0 amide bonds. The highest BCUT2D eigenvalue weighted by Crippen LogP contribution is 2.41. The summed E-state index contributed by atoms with van der Waals surface area (Å²) in [4.78, 5) is 0. The number of rotatable bonds is 2. The number of benzene rings is 1. The molecular weight excluding hydrogens is 398 g/mol. The van der Waals surface area contributed by atoms with Gasteiger partial charge in [-0.1, -0.05) is 18.0 Å². The molecule has 2 aliphatic heterocycles. The van der Waals surface area contributed by atoms with E-state index >= 15 is 0 Å². The maximum Gasteiger partial charge on any atom is 0.208 e. The van der Waals surface area contributed by atoms with Crippen LogP contribution < -0.4 is 9.46 Å². The van der Waals surface area contributed by atoms with Crippen LogP contribution in [0.4, 0.5) is 0 Å². The molecule has 2 aliphatic carbocycles. The molecule has 0 aromatic heterocycles. The molecule has 0 saturated heterocycles. The lowest BCUT2D eigenvalue weighted by molar-refractivity contribution is -0.0298. The number of hydrogen-bond acceptors (Lipinski definition) is 4. The minimum atomic E-state index is -3.25. The molecule has 2 heterocycles. The molecule has 2 bridgehead atoms. The molecule has 156 valence electrons. The van der Waals surface area contributed by atoms with Crippen LogP contribution >= 0.6 is 11.6 Å². The van der Waals surface area contributed by atoms with Crippen molar-refractivity contribution in [2.45, 2.75) is 63.0 Å². The predicted molar refractivity (Wildman–Crippen MR) is 110 cm³/mol. The van der Waals surface area contributed by atoms with Gasteiger partial charge in [0.2, 0.25) is 10.0 Å². The monoisotopic (exact) mass is 427 g/mol. The van der Waals surface area contributed by atoms with E-state index in [4.69, 9.17) is 21.1 Å². The van der Waals surface area contributed by atoms with E-state index in [0.29, 0.717) is 19.1 Å². The van der Waals surface area contributed by atoms with Crippen LogP contribution in [0.5, 0.6) is 5.75 Å². The van der Waals surface area contributed by atoms with Crippen LogP contribution in [0.2, 0.25) is 5.02 Å². The van der Waals surface area contributed by atoms with Crippen LogP contribution in [-0.4, -0.2) is 40.0 Å². The van der Waals surface area contributed by atoms with Crippen LogP contribution in [0, 0.1) is 11.8 Å². The van der Waals surface area contributed by atoms with Crippen molar-refractivity contribution in [2.24, 2.45) is 11.8 Å². The zero-order valence-corrected chi connectivity index (χ0v) is 18.0. The summed E-state index contributed by atoms with van der Waals surface area (Å²) in [6.45, 7) is 1.19. The third-order valence-corrected chi connectivity index (χ3v) is 7.61. The summed E-state index contributed by atoms with van der Waals surface area (Å²) in [5.41, 5.74) is 1.21. The second-order valence-electron chi connectivity index (χ2n) is 8.65. The van der Waals surface area contributed by atoms with Gasteiger partial charge in [0, 0.05) is 17.0 Å². The van der Waals surface area contributed by atoms with Crippen LogP contribution in [0.25, 0.3) is 0 Å². The fourth-order valence-corrected chi connectivity index (χ4v) is 6.21. The van der Waals surface area contributed by atoms with Gasteiger partial charge in [0.25, 0.3) is 0 Å². The first-order chi connectivity index (χ1) is 13.4. The first-order valence-corrected chi connectivity index (χ1v) is 12.7. The van der Waals surface area contributed by atoms with E-state index in [9.17, 15) is 8.42 Å². The quantitative estimate of drug-likeness (QED) is 0.771. The van der Waals surface area contributed by atoms with Crippen molar-refractivity contribution in [3.05, 3.63) is 28.8 Å². The van der Waals surface area contributed by atoms with Gasteiger partial charge < -0.3 is 9.47 Å². The molecule has 3 atom stereocenters. The van der Waals surface area contributed by atoms with Gasteiger partial charge in [-0.05, 0) is 74.1 Å². The van der Waals surface area contributed by atoms with Crippen molar-refractivity contribution >= 4 is 21.6 Å². The molecule has 4 aliphatic rings. The SMILES string of the molecule is CS(=O)(=O)N[C@H]1CCCC2COc3ccc(Cl)cc3[C@H]3CC[C@H](CC3)OC[C@H]21. The van der Waals surface area contributed by atoms with E-state index in [2.05, 4.69) is 10.8 Å². The maximum atomic E-state index is 11.9. The zero-order valence-electron chi connectivity index (χ0n) is 16.4. The highest BCUT2D eigenvalue weighted by molar-refractivity contribution is 7.88. The number of fused-ring (bicyclic) bond motifs is 4. The standard InChI is InChI=1S/C21H30ClNO4S/c1-28(24,25)23-20-4-2-3-15-12-27-21-10-7-16(22)11-18(21)14-5-8-17(9-6-14)26-13-19(15)20/h7,10-11,14-15,17,19-20,23H,2-6,8-9,12-13H2,1H3/t14-,15?,17+,19-,20+/m1/s1. The summed E-state index contributed by atoms with van der Waals surface area (Å²) in [5, 5.41) is 0.751. The second-order valence-corrected chi connectivity index (χ2v) is 10.9. The van der Waals surface area contributed by atoms with Gasteiger partial charge in [0.1, 0.15) is 5.75 Å². The molecule has 1 aromatic rings. The van der Waals surface area contributed by atoms with Crippen molar-refractivity contribution in [3.8, 4) is 5.75 Å². The minimum absolute atomic E-state index is 0.0821. The smallest absolute Gasteiger partial charge is 0.208 e. The summed E-state index contributed by atoms with van der Waals surface area (Å²) >= 11 is 6.28. The largest absolute Gasteiger partial charge is 0.493 e. The molecule has 1 N–H and O–H groups in total. The number of ether oxygens (including phenoxy) is 2. The van der Waals surface area contributed by atoms with Gasteiger partial charge in [-0.15, -0.1) is 0 Å². The summed E-state index contributed by atoms with van der Waals surface area (Å²) in [7, 11) is -3.25. The molecular formula is C21H30ClNO4S. The molecule has 1 unspecified atom stereocenters. The minimum Gasteiger partial charge on any atom is -0.493 e. The third-order valence-electron chi connectivity index (χ3n) is 6.64. The van der Waals surface area contributed by atoms with Gasteiger partial charge in [-0.2, -0.15) is 0 Å². The van der Waals surface area contributed by atoms with E-state index in [1.165, 1.54) is 11.8 Å². The fraction of sp³-hybridized carbons (Fsp3) is 0.714. The Kier molecular flexibility index (Phi) is 6.21.